The molecule has 26 heavy (non-hydrogen) atoms. The van der Waals surface area contributed by atoms with Crippen LogP contribution in [0.15, 0.2) is 48.5 Å². The number of piperazine rings is 1. The summed E-state index contributed by atoms with van der Waals surface area (Å²) in [5, 5.41) is 3.52. The number of rotatable bonds is 4. The van der Waals surface area contributed by atoms with Gasteiger partial charge in [0.05, 0.1) is 22.3 Å². The van der Waals surface area contributed by atoms with Gasteiger partial charge in [0.15, 0.2) is 0 Å². The highest BCUT2D eigenvalue weighted by Gasteiger charge is 2.23. The van der Waals surface area contributed by atoms with Crippen LogP contribution >= 0.6 is 23.2 Å². The molecule has 136 valence electrons. The normalized spacial score (nSPS) is 14.9. The Balaban J connectivity index is 1.50. The average Bonchev–Trinajstić information content (AvgIpc) is 2.66. The number of carbonyl (C=O) groups excluding carboxylic acids is 2. The van der Waals surface area contributed by atoms with Crippen molar-refractivity contribution in [1.29, 1.82) is 0 Å². The maximum absolute atomic E-state index is 12.4. The van der Waals surface area contributed by atoms with Crippen LogP contribution in [-0.4, -0.2) is 54.3 Å². The molecule has 7 heteroatoms. The molecule has 2 aromatic carbocycles. The predicted molar refractivity (Wildman–Crippen MR) is 104 cm³/mol. The fourth-order valence-electron chi connectivity index (χ4n) is 2.87. The molecule has 0 unspecified atom stereocenters. The van der Waals surface area contributed by atoms with Crippen molar-refractivity contribution in [3.8, 4) is 0 Å². The monoisotopic (exact) mass is 391 g/mol. The van der Waals surface area contributed by atoms with E-state index in [-0.39, 0.29) is 18.4 Å². The number of nitrogens with zero attached hydrogens (tertiary/aromatic N) is 2. The first-order chi connectivity index (χ1) is 12.5. The minimum Gasteiger partial charge on any atom is -0.336 e. The highest BCUT2D eigenvalue weighted by atomic mass is 35.5. The van der Waals surface area contributed by atoms with E-state index in [0.29, 0.717) is 47.5 Å². The number of halogens is 2. The van der Waals surface area contributed by atoms with Crippen molar-refractivity contribution in [1.82, 2.24) is 9.80 Å². The Morgan fingerprint density at radius 2 is 1.62 bits per heavy atom. The largest absolute Gasteiger partial charge is 0.336 e. The molecule has 1 N–H and O–H groups in total. The van der Waals surface area contributed by atoms with E-state index in [1.54, 1.807) is 18.2 Å². The summed E-state index contributed by atoms with van der Waals surface area (Å²) in [6, 6.07) is 14.3. The van der Waals surface area contributed by atoms with E-state index in [0.717, 1.165) is 0 Å². The molecule has 2 aromatic rings. The SMILES string of the molecule is O=C(CN1CCN(C(=O)c2ccccc2)CC1)Nc1cccc(Cl)c1Cl. The molecule has 0 aromatic heterocycles. The fourth-order valence-corrected chi connectivity index (χ4v) is 3.21. The Kier molecular flexibility index (Phi) is 6.14. The van der Waals surface area contributed by atoms with E-state index in [4.69, 9.17) is 23.2 Å². The van der Waals surface area contributed by atoms with Gasteiger partial charge in [0.1, 0.15) is 0 Å². The summed E-state index contributed by atoms with van der Waals surface area (Å²) in [6.45, 7) is 2.73. The summed E-state index contributed by atoms with van der Waals surface area (Å²) in [7, 11) is 0. The lowest BCUT2D eigenvalue weighted by Gasteiger charge is -2.34. The number of nitrogens with one attached hydrogen (secondary N) is 1. The number of amides is 2. The van der Waals surface area contributed by atoms with Crippen molar-refractivity contribution in [2.75, 3.05) is 38.0 Å². The van der Waals surface area contributed by atoms with Gasteiger partial charge in [-0.3, -0.25) is 14.5 Å². The zero-order valence-electron chi connectivity index (χ0n) is 14.1. The van der Waals surface area contributed by atoms with Crippen molar-refractivity contribution < 1.29 is 9.59 Å². The van der Waals surface area contributed by atoms with Crippen molar-refractivity contribution in [3.05, 3.63) is 64.1 Å². The smallest absolute Gasteiger partial charge is 0.253 e. The summed E-state index contributed by atoms with van der Waals surface area (Å²) in [4.78, 5) is 28.5. The Morgan fingerprint density at radius 1 is 0.923 bits per heavy atom. The highest BCUT2D eigenvalue weighted by molar-refractivity contribution is 6.44. The number of benzene rings is 2. The Morgan fingerprint density at radius 3 is 2.31 bits per heavy atom. The fraction of sp³-hybridized carbons (Fsp3) is 0.263. The number of anilines is 1. The molecule has 0 radical (unpaired) electrons. The van der Waals surface area contributed by atoms with Gasteiger partial charge in [-0.15, -0.1) is 0 Å². The van der Waals surface area contributed by atoms with Crippen LogP contribution in [0.2, 0.25) is 10.0 Å². The molecular weight excluding hydrogens is 373 g/mol. The van der Waals surface area contributed by atoms with Gasteiger partial charge in [-0.25, -0.2) is 0 Å². The molecule has 3 rings (SSSR count). The van der Waals surface area contributed by atoms with Gasteiger partial charge in [-0.05, 0) is 24.3 Å². The van der Waals surface area contributed by atoms with Crippen LogP contribution in [0.3, 0.4) is 0 Å². The number of hydrogen-bond donors (Lipinski definition) is 1. The molecular formula is C19H19Cl2N3O2. The molecule has 0 spiro atoms. The lowest BCUT2D eigenvalue weighted by Crippen LogP contribution is -2.50. The third-order valence-corrected chi connectivity index (χ3v) is 5.09. The second-order valence-corrected chi connectivity index (χ2v) is 6.87. The first-order valence-corrected chi connectivity index (χ1v) is 9.11. The molecule has 0 bridgehead atoms. The second kappa shape index (κ2) is 8.54. The minimum absolute atomic E-state index is 0.0282. The van der Waals surface area contributed by atoms with Crippen LogP contribution in [0.1, 0.15) is 10.4 Å². The van der Waals surface area contributed by atoms with Gasteiger partial charge in [0.2, 0.25) is 5.91 Å². The Hall–Kier alpha value is -2.08. The lowest BCUT2D eigenvalue weighted by molar-refractivity contribution is -0.117. The number of hydrogen-bond acceptors (Lipinski definition) is 3. The van der Waals surface area contributed by atoms with E-state index in [2.05, 4.69) is 5.32 Å². The van der Waals surface area contributed by atoms with Crippen LogP contribution < -0.4 is 5.32 Å². The molecule has 2 amide bonds. The van der Waals surface area contributed by atoms with E-state index >= 15 is 0 Å². The maximum Gasteiger partial charge on any atom is 0.253 e. The second-order valence-electron chi connectivity index (χ2n) is 6.08. The molecule has 1 aliphatic heterocycles. The summed E-state index contributed by atoms with van der Waals surface area (Å²) in [5.41, 5.74) is 1.19. The minimum atomic E-state index is -0.156. The van der Waals surface area contributed by atoms with Gasteiger partial charge in [0, 0.05) is 31.7 Å². The van der Waals surface area contributed by atoms with Gasteiger partial charge < -0.3 is 10.2 Å². The lowest BCUT2D eigenvalue weighted by atomic mass is 10.2. The van der Waals surface area contributed by atoms with Crippen molar-refractivity contribution in [3.63, 3.8) is 0 Å². The third kappa shape index (κ3) is 4.55. The van der Waals surface area contributed by atoms with Crippen LogP contribution in [0.4, 0.5) is 5.69 Å². The van der Waals surface area contributed by atoms with E-state index in [1.165, 1.54) is 0 Å². The number of carbonyl (C=O) groups is 2. The first kappa shape index (κ1) is 18.7. The summed E-state index contributed by atoms with van der Waals surface area (Å²) in [6.07, 6.45) is 0. The summed E-state index contributed by atoms with van der Waals surface area (Å²) in [5.74, 6) is -0.127. The molecule has 0 saturated carbocycles. The van der Waals surface area contributed by atoms with E-state index in [9.17, 15) is 9.59 Å². The van der Waals surface area contributed by atoms with Gasteiger partial charge >= 0.3 is 0 Å². The van der Waals surface area contributed by atoms with Crippen molar-refractivity contribution in [2.24, 2.45) is 0 Å². The van der Waals surface area contributed by atoms with Crippen molar-refractivity contribution >= 4 is 40.7 Å². The van der Waals surface area contributed by atoms with Gasteiger partial charge in [-0.1, -0.05) is 47.5 Å². The van der Waals surface area contributed by atoms with Crippen LogP contribution in [0.5, 0.6) is 0 Å². The predicted octanol–water partition coefficient (Wildman–Crippen LogP) is 3.39. The zero-order valence-corrected chi connectivity index (χ0v) is 15.6. The van der Waals surface area contributed by atoms with Gasteiger partial charge in [0.25, 0.3) is 5.91 Å². The third-order valence-electron chi connectivity index (χ3n) is 4.27. The highest BCUT2D eigenvalue weighted by Crippen LogP contribution is 2.29. The van der Waals surface area contributed by atoms with Crippen LogP contribution in [0.25, 0.3) is 0 Å². The van der Waals surface area contributed by atoms with Crippen molar-refractivity contribution in [2.45, 2.75) is 0 Å². The maximum atomic E-state index is 12.4. The Bertz CT molecular complexity index is 791. The van der Waals surface area contributed by atoms with E-state index in [1.807, 2.05) is 40.1 Å². The summed E-state index contributed by atoms with van der Waals surface area (Å²) < 4.78 is 0. The molecule has 1 heterocycles. The average molecular weight is 392 g/mol. The molecule has 0 aliphatic carbocycles. The molecule has 1 fully saturated rings. The van der Waals surface area contributed by atoms with Crippen LogP contribution in [0, 0.1) is 0 Å². The quantitative estimate of drug-likeness (QED) is 0.868. The molecule has 1 saturated heterocycles. The van der Waals surface area contributed by atoms with E-state index < -0.39 is 0 Å². The Labute approximate surface area is 162 Å². The first-order valence-electron chi connectivity index (χ1n) is 8.35. The van der Waals surface area contributed by atoms with Crippen LogP contribution in [-0.2, 0) is 4.79 Å². The molecule has 0 atom stereocenters. The van der Waals surface area contributed by atoms with Gasteiger partial charge in [-0.2, -0.15) is 0 Å². The topological polar surface area (TPSA) is 52.7 Å². The summed E-state index contributed by atoms with van der Waals surface area (Å²) >= 11 is 12.0. The molecule has 5 nitrogen and oxygen atoms in total. The zero-order chi connectivity index (χ0) is 18.5. The standard InChI is InChI=1S/C19H19Cl2N3O2/c20-15-7-4-8-16(18(15)21)22-17(25)13-23-9-11-24(12-10-23)19(26)14-5-2-1-3-6-14/h1-8H,9-13H2,(H,22,25). The molecule has 1 aliphatic rings.